The highest BCUT2D eigenvalue weighted by Crippen LogP contribution is 2.36. The number of hydrogen-bond donors (Lipinski definition) is 2. The molecule has 2 rings (SSSR count). The summed E-state index contributed by atoms with van der Waals surface area (Å²) in [5.74, 6) is -0.497. The first-order valence-corrected chi connectivity index (χ1v) is 9.32. The van der Waals surface area contributed by atoms with Gasteiger partial charge >= 0.3 is 5.97 Å². The Balaban J connectivity index is 1.97. The first kappa shape index (κ1) is 21.2. The zero-order chi connectivity index (χ0) is 20.0. The number of benzene rings is 1. The Labute approximate surface area is 160 Å². The molecule has 150 valence electrons. The fraction of sp³-hybridized carbons (Fsp3) is 0.600. The van der Waals surface area contributed by atoms with Gasteiger partial charge in [0.25, 0.3) is 6.10 Å². The van der Waals surface area contributed by atoms with Crippen LogP contribution in [0.5, 0.6) is 11.5 Å². The van der Waals surface area contributed by atoms with E-state index < -0.39 is 24.1 Å². The maximum absolute atomic E-state index is 12.6. The summed E-state index contributed by atoms with van der Waals surface area (Å²) in [6, 6.07) is 4.96. The summed E-state index contributed by atoms with van der Waals surface area (Å²) in [5.41, 5.74) is 0.0240. The van der Waals surface area contributed by atoms with E-state index in [0.717, 1.165) is 12.8 Å². The van der Waals surface area contributed by atoms with Crippen LogP contribution < -0.4 is 14.8 Å². The second-order valence-corrected chi connectivity index (χ2v) is 7.56. The molecule has 2 atom stereocenters. The van der Waals surface area contributed by atoms with Crippen LogP contribution in [-0.4, -0.2) is 47.9 Å². The topological polar surface area (TPSA) is 94.1 Å². The van der Waals surface area contributed by atoms with Gasteiger partial charge in [-0.05, 0) is 39.3 Å². The average Bonchev–Trinajstić information content (AvgIpc) is 2.91. The number of hydrogen-bond acceptors (Lipinski definition) is 7. The van der Waals surface area contributed by atoms with Crippen molar-refractivity contribution in [1.82, 2.24) is 5.32 Å². The molecular weight excluding hydrogens is 350 g/mol. The second kappa shape index (κ2) is 9.19. The predicted octanol–water partition coefficient (Wildman–Crippen LogP) is 2.45. The molecule has 1 aromatic carbocycles. The van der Waals surface area contributed by atoms with Gasteiger partial charge in [-0.25, -0.2) is 4.79 Å². The number of fused-ring (bicyclic) bond motifs is 1. The van der Waals surface area contributed by atoms with Gasteiger partial charge in [-0.2, -0.15) is 0 Å². The highest BCUT2D eigenvalue weighted by atomic mass is 16.6. The minimum absolute atomic E-state index is 0.208. The van der Waals surface area contributed by atoms with Crippen molar-refractivity contribution in [2.45, 2.75) is 64.8 Å². The lowest BCUT2D eigenvalue weighted by molar-refractivity contribution is -0.149. The van der Waals surface area contributed by atoms with Crippen LogP contribution in [0.1, 0.15) is 57.3 Å². The van der Waals surface area contributed by atoms with Gasteiger partial charge in [0.05, 0.1) is 13.2 Å². The Morgan fingerprint density at radius 1 is 1.33 bits per heavy atom. The number of Topliss-reactive ketones (excluding diaryl/α,β-unsaturated/α-hetero) is 1. The third-order valence-corrected chi connectivity index (χ3v) is 3.92. The van der Waals surface area contributed by atoms with E-state index in [1.807, 2.05) is 27.7 Å². The molecule has 1 aliphatic heterocycles. The first-order valence-electron chi connectivity index (χ1n) is 9.32. The maximum atomic E-state index is 12.6. The lowest BCUT2D eigenvalue weighted by atomic mass is 10.1. The number of esters is 1. The third kappa shape index (κ3) is 5.94. The zero-order valence-electron chi connectivity index (χ0n) is 16.4. The van der Waals surface area contributed by atoms with Gasteiger partial charge in [0.1, 0.15) is 23.3 Å². The number of ether oxygens (including phenoxy) is 3. The fourth-order valence-corrected chi connectivity index (χ4v) is 2.68. The molecule has 0 aliphatic carbocycles. The molecule has 0 saturated heterocycles. The largest absolute Gasteiger partial charge is 0.493 e. The molecule has 0 aromatic heterocycles. The summed E-state index contributed by atoms with van der Waals surface area (Å²) < 4.78 is 16.3. The number of unbranched alkanes of at least 4 members (excludes halogenated alkanes) is 1. The monoisotopic (exact) mass is 379 g/mol. The van der Waals surface area contributed by atoms with E-state index in [2.05, 4.69) is 5.32 Å². The quantitative estimate of drug-likeness (QED) is 0.295. The molecule has 0 saturated carbocycles. The molecule has 0 fully saturated rings. The van der Waals surface area contributed by atoms with Crippen molar-refractivity contribution in [1.29, 1.82) is 0 Å². The lowest BCUT2D eigenvalue weighted by Crippen LogP contribution is -2.44. The maximum Gasteiger partial charge on any atom is 0.355 e. The van der Waals surface area contributed by atoms with E-state index in [1.165, 1.54) is 0 Å². The number of carbonyl (C=O) groups is 2. The molecular formula is C20H29NO6. The van der Waals surface area contributed by atoms with Crippen LogP contribution in [0, 0.1) is 0 Å². The van der Waals surface area contributed by atoms with Gasteiger partial charge in [-0.15, -0.1) is 0 Å². The summed E-state index contributed by atoms with van der Waals surface area (Å²) in [7, 11) is 0. The van der Waals surface area contributed by atoms with Crippen molar-refractivity contribution in [3.8, 4) is 11.5 Å². The smallest absolute Gasteiger partial charge is 0.355 e. The number of rotatable bonds is 9. The SMILES string of the molecule is CCCCOC(=O)C1Oc2cccc(OCCC(O)NC(C)(C)C)c2C1=O. The van der Waals surface area contributed by atoms with E-state index >= 15 is 0 Å². The number of ketones is 1. The molecule has 7 heteroatoms. The number of nitrogens with one attached hydrogen (secondary N) is 1. The standard InChI is InChI=1S/C20H29NO6/c1-5-6-11-26-19(24)18-17(23)16-13(8-7-9-14(16)27-18)25-12-10-15(22)21-20(2,3)4/h7-9,15,18,21-22H,5-6,10-12H2,1-4H3. The third-order valence-electron chi connectivity index (χ3n) is 3.92. The molecule has 1 aromatic rings. The van der Waals surface area contributed by atoms with Gasteiger partial charge < -0.3 is 19.3 Å². The molecule has 2 unspecified atom stereocenters. The Bertz CT molecular complexity index is 667. The molecule has 27 heavy (non-hydrogen) atoms. The molecule has 1 aliphatic rings. The number of aliphatic hydroxyl groups is 1. The normalized spacial score (nSPS) is 17.2. The van der Waals surface area contributed by atoms with Gasteiger partial charge in [0.2, 0.25) is 5.78 Å². The lowest BCUT2D eigenvalue weighted by Gasteiger charge is -2.25. The van der Waals surface area contributed by atoms with Crippen molar-refractivity contribution in [3.05, 3.63) is 23.8 Å². The van der Waals surface area contributed by atoms with Gasteiger partial charge in [-0.3, -0.25) is 10.1 Å². The molecule has 7 nitrogen and oxygen atoms in total. The predicted molar refractivity (Wildman–Crippen MR) is 100 cm³/mol. The molecule has 1 heterocycles. The Morgan fingerprint density at radius 3 is 2.74 bits per heavy atom. The van der Waals surface area contributed by atoms with Gasteiger partial charge in [-0.1, -0.05) is 19.4 Å². The van der Waals surface area contributed by atoms with E-state index in [0.29, 0.717) is 17.9 Å². The Kier molecular flexibility index (Phi) is 7.21. The summed E-state index contributed by atoms with van der Waals surface area (Å²) >= 11 is 0. The second-order valence-electron chi connectivity index (χ2n) is 7.56. The molecule has 0 bridgehead atoms. The zero-order valence-corrected chi connectivity index (χ0v) is 16.4. The van der Waals surface area contributed by atoms with Gasteiger partial charge in [0.15, 0.2) is 0 Å². The summed E-state index contributed by atoms with van der Waals surface area (Å²) in [6.07, 6.45) is -0.0390. The molecule has 0 radical (unpaired) electrons. The highest BCUT2D eigenvalue weighted by Gasteiger charge is 2.41. The number of aliphatic hydroxyl groups excluding tert-OH is 1. The summed E-state index contributed by atoms with van der Waals surface area (Å²) in [6.45, 7) is 8.32. The van der Waals surface area contributed by atoms with Crippen molar-refractivity contribution < 1.29 is 28.9 Å². The molecule has 0 spiro atoms. The van der Waals surface area contributed by atoms with E-state index in [9.17, 15) is 14.7 Å². The van der Waals surface area contributed by atoms with Crippen LogP contribution in [0.4, 0.5) is 0 Å². The van der Waals surface area contributed by atoms with Crippen molar-refractivity contribution in [2.75, 3.05) is 13.2 Å². The minimum atomic E-state index is -1.28. The van der Waals surface area contributed by atoms with Crippen LogP contribution in [0.2, 0.25) is 0 Å². The first-order chi connectivity index (χ1) is 12.7. The summed E-state index contributed by atoms with van der Waals surface area (Å²) in [4.78, 5) is 24.7. The van der Waals surface area contributed by atoms with Crippen LogP contribution in [0.15, 0.2) is 18.2 Å². The Morgan fingerprint density at radius 2 is 2.07 bits per heavy atom. The average molecular weight is 379 g/mol. The van der Waals surface area contributed by atoms with E-state index in [-0.39, 0.29) is 24.3 Å². The van der Waals surface area contributed by atoms with E-state index in [4.69, 9.17) is 14.2 Å². The summed E-state index contributed by atoms with van der Waals surface area (Å²) in [5, 5.41) is 13.0. The minimum Gasteiger partial charge on any atom is -0.493 e. The van der Waals surface area contributed by atoms with Crippen LogP contribution in [0.3, 0.4) is 0 Å². The van der Waals surface area contributed by atoms with Crippen molar-refractivity contribution in [3.63, 3.8) is 0 Å². The van der Waals surface area contributed by atoms with Crippen LogP contribution in [-0.2, 0) is 9.53 Å². The molecule has 2 N–H and O–H groups in total. The van der Waals surface area contributed by atoms with E-state index in [1.54, 1.807) is 18.2 Å². The van der Waals surface area contributed by atoms with Crippen molar-refractivity contribution in [2.24, 2.45) is 0 Å². The van der Waals surface area contributed by atoms with Crippen LogP contribution >= 0.6 is 0 Å². The van der Waals surface area contributed by atoms with Crippen LogP contribution in [0.25, 0.3) is 0 Å². The fourth-order valence-electron chi connectivity index (χ4n) is 2.68. The Hall–Kier alpha value is -2.12. The number of carbonyl (C=O) groups excluding carboxylic acids is 2. The molecule has 0 amide bonds. The highest BCUT2D eigenvalue weighted by molar-refractivity contribution is 6.16. The van der Waals surface area contributed by atoms with Crippen molar-refractivity contribution >= 4 is 11.8 Å². The van der Waals surface area contributed by atoms with Gasteiger partial charge in [0, 0.05) is 12.0 Å².